The molecule has 1 aromatic carbocycles. The van der Waals surface area contributed by atoms with Crippen LogP contribution in [0, 0.1) is 25.2 Å². The number of carbonyl (C=O) groups is 1. The van der Waals surface area contributed by atoms with Crippen LogP contribution in [0.25, 0.3) is 0 Å². The molecule has 3 aromatic rings. The first-order valence-electron chi connectivity index (χ1n) is 9.16. The number of nitriles is 1. The van der Waals surface area contributed by atoms with E-state index in [2.05, 4.69) is 58.7 Å². The zero-order valence-electron chi connectivity index (χ0n) is 16.3. The fourth-order valence-corrected chi connectivity index (χ4v) is 3.70. The zero-order valence-corrected chi connectivity index (χ0v) is 17.1. The van der Waals surface area contributed by atoms with E-state index in [1.54, 1.807) is 36.7 Å². The van der Waals surface area contributed by atoms with E-state index in [0.717, 1.165) is 10.5 Å². The second kappa shape index (κ2) is 9.71. The molecule has 2 aromatic heterocycles. The summed E-state index contributed by atoms with van der Waals surface area (Å²) in [7, 11) is 0. The summed E-state index contributed by atoms with van der Waals surface area (Å²) >= 11 is 1.49. The first-order valence-corrected chi connectivity index (χ1v) is 9.97. The van der Waals surface area contributed by atoms with E-state index in [4.69, 9.17) is 5.26 Å². The molecular weight excluding hydrogens is 382 g/mol. The number of aromatic nitrogens is 2. The number of pyridine rings is 2. The average molecular weight is 404 g/mol. The van der Waals surface area contributed by atoms with Gasteiger partial charge in [-0.1, -0.05) is 29.5 Å². The van der Waals surface area contributed by atoms with Gasteiger partial charge in [-0.2, -0.15) is 5.26 Å². The van der Waals surface area contributed by atoms with Crippen LogP contribution in [0.3, 0.4) is 0 Å². The van der Waals surface area contributed by atoms with Crippen LogP contribution >= 0.6 is 11.8 Å². The topological polar surface area (TPSA) is 90.7 Å². The molecule has 0 radical (unpaired) electrons. The molecule has 0 fully saturated rings. The Kier molecular flexibility index (Phi) is 6.82. The number of aryl methyl sites for hydroxylation is 2. The molecule has 7 heteroatoms. The largest absolute Gasteiger partial charge is 0.367 e. The van der Waals surface area contributed by atoms with Crippen LogP contribution < -0.4 is 10.6 Å². The summed E-state index contributed by atoms with van der Waals surface area (Å²) in [5, 5.41) is 15.7. The van der Waals surface area contributed by atoms with Gasteiger partial charge >= 0.3 is 0 Å². The standard InChI is InChI=1S/C22H21N5OS/c1-15-7-8-19(16(2)13-15)29-22-18(6-4-10-27-22)21(28)26-12-11-25-20-17(14-23)5-3-9-24-20/h3-10,13H,11-12H2,1-2H3,(H,24,25)(H,26,28). The maximum absolute atomic E-state index is 12.7. The van der Waals surface area contributed by atoms with Gasteiger partial charge in [0.25, 0.3) is 5.91 Å². The maximum Gasteiger partial charge on any atom is 0.254 e. The molecule has 0 aliphatic heterocycles. The van der Waals surface area contributed by atoms with Crippen molar-refractivity contribution in [2.45, 2.75) is 23.8 Å². The Bertz CT molecular complexity index is 1060. The van der Waals surface area contributed by atoms with Gasteiger partial charge in [-0.3, -0.25) is 4.79 Å². The number of benzene rings is 1. The van der Waals surface area contributed by atoms with E-state index in [0.29, 0.717) is 35.1 Å². The molecule has 0 spiro atoms. The molecule has 146 valence electrons. The Morgan fingerprint density at radius 1 is 1.10 bits per heavy atom. The lowest BCUT2D eigenvalue weighted by atomic mass is 10.2. The lowest BCUT2D eigenvalue weighted by molar-refractivity contribution is 0.0951. The summed E-state index contributed by atoms with van der Waals surface area (Å²) in [6.45, 7) is 4.95. The van der Waals surface area contributed by atoms with Crippen molar-refractivity contribution >= 4 is 23.5 Å². The number of amides is 1. The van der Waals surface area contributed by atoms with Gasteiger partial charge in [0.15, 0.2) is 0 Å². The Morgan fingerprint density at radius 2 is 1.90 bits per heavy atom. The average Bonchev–Trinajstić information content (AvgIpc) is 2.73. The number of hydrogen-bond acceptors (Lipinski definition) is 6. The van der Waals surface area contributed by atoms with Crippen LogP contribution in [0.15, 0.2) is 64.8 Å². The highest BCUT2D eigenvalue weighted by atomic mass is 32.2. The molecule has 0 saturated carbocycles. The highest BCUT2D eigenvalue weighted by Gasteiger charge is 2.14. The lowest BCUT2D eigenvalue weighted by Gasteiger charge is -2.11. The van der Waals surface area contributed by atoms with Gasteiger partial charge in [0.1, 0.15) is 16.9 Å². The van der Waals surface area contributed by atoms with Crippen molar-refractivity contribution in [3.63, 3.8) is 0 Å². The minimum absolute atomic E-state index is 0.186. The van der Waals surface area contributed by atoms with Gasteiger partial charge in [-0.15, -0.1) is 0 Å². The monoisotopic (exact) mass is 403 g/mol. The van der Waals surface area contributed by atoms with Gasteiger partial charge in [-0.05, 0) is 49.7 Å². The van der Waals surface area contributed by atoms with E-state index in [-0.39, 0.29) is 5.91 Å². The molecule has 0 aliphatic carbocycles. The lowest BCUT2D eigenvalue weighted by Crippen LogP contribution is -2.29. The second-order valence-corrected chi connectivity index (χ2v) is 7.45. The smallest absolute Gasteiger partial charge is 0.254 e. The molecule has 0 bridgehead atoms. The molecule has 3 rings (SSSR count). The summed E-state index contributed by atoms with van der Waals surface area (Å²) in [5.74, 6) is 0.324. The highest BCUT2D eigenvalue weighted by molar-refractivity contribution is 7.99. The number of nitrogens with one attached hydrogen (secondary N) is 2. The summed E-state index contributed by atoms with van der Waals surface area (Å²) in [4.78, 5) is 22.3. The van der Waals surface area contributed by atoms with Crippen molar-refractivity contribution < 1.29 is 4.79 Å². The number of carbonyl (C=O) groups excluding carboxylic acids is 1. The van der Waals surface area contributed by atoms with Crippen molar-refractivity contribution in [2.24, 2.45) is 0 Å². The van der Waals surface area contributed by atoms with Crippen LogP contribution in [-0.2, 0) is 0 Å². The third kappa shape index (κ3) is 5.33. The third-order valence-corrected chi connectivity index (χ3v) is 5.38. The van der Waals surface area contributed by atoms with E-state index in [1.165, 1.54) is 17.3 Å². The molecule has 0 atom stereocenters. The minimum Gasteiger partial charge on any atom is -0.367 e. The molecule has 29 heavy (non-hydrogen) atoms. The van der Waals surface area contributed by atoms with Gasteiger partial charge in [0.05, 0.1) is 11.1 Å². The van der Waals surface area contributed by atoms with Crippen molar-refractivity contribution in [2.75, 3.05) is 18.4 Å². The number of hydrogen-bond donors (Lipinski definition) is 2. The summed E-state index contributed by atoms with van der Waals surface area (Å²) in [6, 6.07) is 15.2. The van der Waals surface area contributed by atoms with Crippen molar-refractivity contribution in [1.29, 1.82) is 5.26 Å². The molecule has 0 aliphatic rings. The molecule has 2 heterocycles. The van der Waals surface area contributed by atoms with Crippen molar-refractivity contribution in [3.8, 4) is 6.07 Å². The first-order chi connectivity index (χ1) is 14.1. The number of nitrogens with zero attached hydrogens (tertiary/aromatic N) is 3. The van der Waals surface area contributed by atoms with Crippen LogP contribution in [0.1, 0.15) is 27.0 Å². The van der Waals surface area contributed by atoms with Gasteiger partial charge in [-0.25, -0.2) is 9.97 Å². The van der Waals surface area contributed by atoms with Crippen molar-refractivity contribution in [1.82, 2.24) is 15.3 Å². The van der Waals surface area contributed by atoms with Gasteiger partial charge < -0.3 is 10.6 Å². The van der Waals surface area contributed by atoms with Gasteiger partial charge in [0, 0.05) is 30.4 Å². The molecule has 1 amide bonds. The predicted molar refractivity (Wildman–Crippen MR) is 114 cm³/mol. The molecule has 2 N–H and O–H groups in total. The Labute approximate surface area is 174 Å². The second-order valence-electron chi connectivity index (χ2n) is 6.42. The fourth-order valence-electron chi connectivity index (χ4n) is 2.75. The summed E-state index contributed by atoms with van der Waals surface area (Å²) in [6.07, 6.45) is 3.31. The molecule has 0 saturated heterocycles. The van der Waals surface area contributed by atoms with E-state index < -0.39 is 0 Å². The minimum atomic E-state index is -0.186. The fraction of sp³-hybridized carbons (Fsp3) is 0.182. The Hall–Kier alpha value is -3.37. The number of rotatable bonds is 7. The molecule has 0 unspecified atom stereocenters. The summed E-state index contributed by atoms with van der Waals surface area (Å²) in [5.41, 5.74) is 3.36. The predicted octanol–water partition coefficient (Wildman–Crippen LogP) is 3.96. The van der Waals surface area contributed by atoms with Crippen LogP contribution in [0.4, 0.5) is 5.82 Å². The zero-order chi connectivity index (χ0) is 20.6. The van der Waals surface area contributed by atoms with Crippen LogP contribution in [0.5, 0.6) is 0 Å². The van der Waals surface area contributed by atoms with E-state index in [9.17, 15) is 4.79 Å². The third-order valence-electron chi connectivity index (χ3n) is 4.18. The van der Waals surface area contributed by atoms with E-state index in [1.807, 2.05) is 0 Å². The Morgan fingerprint density at radius 3 is 2.69 bits per heavy atom. The maximum atomic E-state index is 12.7. The Balaban J connectivity index is 1.62. The van der Waals surface area contributed by atoms with E-state index >= 15 is 0 Å². The molecular formula is C22H21N5OS. The number of anilines is 1. The normalized spacial score (nSPS) is 10.2. The van der Waals surface area contributed by atoms with Crippen LogP contribution in [-0.4, -0.2) is 29.0 Å². The quantitative estimate of drug-likeness (QED) is 0.580. The molecule has 6 nitrogen and oxygen atoms in total. The van der Waals surface area contributed by atoms with Gasteiger partial charge in [0.2, 0.25) is 0 Å². The SMILES string of the molecule is Cc1ccc(Sc2ncccc2C(=O)NCCNc2ncccc2C#N)c(C)c1. The first kappa shape index (κ1) is 20.4. The summed E-state index contributed by atoms with van der Waals surface area (Å²) < 4.78 is 0. The highest BCUT2D eigenvalue weighted by Crippen LogP contribution is 2.31. The van der Waals surface area contributed by atoms with Crippen molar-refractivity contribution in [3.05, 3.63) is 77.1 Å². The van der Waals surface area contributed by atoms with Crippen LogP contribution in [0.2, 0.25) is 0 Å².